The van der Waals surface area contributed by atoms with Gasteiger partial charge in [-0.15, -0.1) is 0 Å². The third-order valence-corrected chi connectivity index (χ3v) is 4.75. The van der Waals surface area contributed by atoms with Crippen molar-refractivity contribution < 1.29 is 33.5 Å². The van der Waals surface area contributed by atoms with Crippen LogP contribution >= 0.6 is 7.82 Å². The van der Waals surface area contributed by atoms with Gasteiger partial charge in [-0.05, 0) is 38.5 Å². The van der Waals surface area contributed by atoms with Crippen molar-refractivity contribution in [2.24, 2.45) is 0 Å². The maximum absolute atomic E-state index is 11.7. The van der Waals surface area contributed by atoms with Gasteiger partial charge in [-0.2, -0.15) is 0 Å². The zero-order valence-corrected chi connectivity index (χ0v) is 18.6. The van der Waals surface area contributed by atoms with E-state index < -0.39 is 33.1 Å². The number of ether oxygens (including phenoxy) is 1. The molecule has 0 saturated carbocycles. The number of esters is 1. The normalized spacial score (nSPS) is 13.4. The quantitative estimate of drug-likeness (QED) is 0.116. The summed E-state index contributed by atoms with van der Waals surface area (Å²) in [5.74, 6) is -0.496. The van der Waals surface area contributed by atoms with Crippen LogP contribution in [0.25, 0.3) is 0 Å². The fourth-order valence-electron chi connectivity index (χ4n) is 2.63. The smallest absolute Gasteiger partial charge is 0.457 e. The number of carbonyl (C=O) groups excluding carboxylic acids is 1. The lowest BCUT2D eigenvalue weighted by atomic mass is 10.1. The van der Waals surface area contributed by atoms with Gasteiger partial charge < -0.3 is 19.6 Å². The molecule has 29 heavy (non-hydrogen) atoms. The molecule has 8 heteroatoms. The lowest BCUT2D eigenvalue weighted by molar-refractivity contribution is -0.153. The van der Waals surface area contributed by atoms with E-state index in [0.29, 0.717) is 6.42 Å². The standard InChI is InChI=1S/C21H39O7P/c1-2-3-4-5-6-7-8-9-10-11-12-13-14-15-16-17-21(23)28-20(18-22)19-27-29(24,25)26/h6-7,9-10,20,22H,2-5,8,11-19H2,1H3,(H2,24,25,26)/b7-6-,10-9-/t20-/m1/s1. The Hall–Kier alpha value is -0.980. The first-order valence-electron chi connectivity index (χ1n) is 10.7. The Balaban J connectivity index is 3.56. The van der Waals surface area contributed by atoms with Crippen LogP contribution in [0.2, 0.25) is 0 Å². The molecule has 0 aliphatic rings. The van der Waals surface area contributed by atoms with Crippen molar-refractivity contribution in [1.82, 2.24) is 0 Å². The van der Waals surface area contributed by atoms with Gasteiger partial charge in [0, 0.05) is 6.42 Å². The number of unbranched alkanes of at least 4 members (excludes halogenated alkanes) is 8. The molecule has 0 aliphatic carbocycles. The minimum Gasteiger partial charge on any atom is -0.457 e. The summed E-state index contributed by atoms with van der Waals surface area (Å²) in [6.07, 6.45) is 20.1. The number of phosphoric acid groups is 1. The molecule has 1 atom stereocenters. The van der Waals surface area contributed by atoms with Gasteiger partial charge in [-0.25, -0.2) is 4.57 Å². The van der Waals surface area contributed by atoms with E-state index >= 15 is 0 Å². The largest absolute Gasteiger partial charge is 0.469 e. The van der Waals surface area contributed by atoms with Crippen LogP contribution in [0, 0.1) is 0 Å². The monoisotopic (exact) mass is 434 g/mol. The number of hydrogen-bond acceptors (Lipinski definition) is 5. The second kappa shape index (κ2) is 19.0. The van der Waals surface area contributed by atoms with E-state index in [9.17, 15) is 9.36 Å². The number of aliphatic hydroxyl groups excluding tert-OH is 1. The predicted octanol–water partition coefficient (Wildman–Crippen LogP) is 4.81. The minimum absolute atomic E-state index is 0.219. The summed E-state index contributed by atoms with van der Waals surface area (Å²) in [6.45, 7) is 1.13. The Morgan fingerprint density at radius 3 is 2.10 bits per heavy atom. The lowest BCUT2D eigenvalue weighted by Crippen LogP contribution is -2.26. The van der Waals surface area contributed by atoms with Crippen molar-refractivity contribution in [3.8, 4) is 0 Å². The Bertz CT molecular complexity index is 499. The molecule has 0 bridgehead atoms. The average Bonchev–Trinajstić information content (AvgIpc) is 2.67. The molecule has 0 saturated heterocycles. The maximum Gasteiger partial charge on any atom is 0.469 e. The third kappa shape index (κ3) is 21.5. The fourth-order valence-corrected chi connectivity index (χ4v) is 2.99. The molecule has 0 fully saturated rings. The van der Waals surface area contributed by atoms with Crippen LogP contribution < -0.4 is 0 Å². The molecule has 0 spiro atoms. The van der Waals surface area contributed by atoms with Crippen LogP contribution in [0.3, 0.4) is 0 Å². The van der Waals surface area contributed by atoms with Crippen molar-refractivity contribution >= 4 is 13.8 Å². The van der Waals surface area contributed by atoms with Gasteiger partial charge in [-0.1, -0.05) is 63.3 Å². The van der Waals surface area contributed by atoms with Crippen LogP contribution in [0.1, 0.15) is 84.0 Å². The molecule has 7 nitrogen and oxygen atoms in total. The Labute approximate surface area is 175 Å². The van der Waals surface area contributed by atoms with E-state index in [1.807, 2.05) is 0 Å². The summed E-state index contributed by atoms with van der Waals surface area (Å²) in [5.41, 5.74) is 0. The van der Waals surface area contributed by atoms with Crippen molar-refractivity contribution in [3.05, 3.63) is 24.3 Å². The number of carbonyl (C=O) groups is 1. The van der Waals surface area contributed by atoms with E-state index in [0.717, 1.165) is 38.5 Å². The number of allylic oxidation sites excluding steroid dienone is 4. The molecule has 170 valence electrons. The number of rotatable bonds is 19. The lowest BCUT2D eigenvalue weighted by Gasteiger charge is -2.15. The number of hydrogen-bond donors (Lipinski definition) is 3. The Kier molecular flexibility index (Phi) is 18.4. The summed E-state index contributed by atoms with van der Waals surface area (Å²) >= 11 is 0. The van der Waals surface area contributed by atoms with Crippen molar-refractivity contribution in [2.75, 3.05) is 13.2 Å². The van der Waals surface area contributed by atoms with Crippen molar-refractivity contribution in [2.45, 2.75) is 90.1 Å². The highest BCUT2D eigenvalue weighted by Crippen LogP contribution is 2.35. The van der Waals surface area contributed by atoms with Crippen LogP contribution in [-0.2, 0) is 18.6 Å². The summed E-state index contributed by atoms with van der Waals surface area (Å²) in [7, 11) is -4.64. The molecule has 0 heterocycles. The summed E-state index contributed by atoms with van der Waals surface area (Å²) in [5, 5.41) is 9.06. The topological polar surface area (TPSA) is 113 Å². The van der Waals surface area contributed by atoms with Crippen molar-refractivity contribution in [1.29, 1.82) is 0 Å². The molecule has 0 aromatic heterocycles. The van der Waals surface area contributed by atoms with Gasteiger partial charge in [0.05, 0.1) is 13.2 Å². The second-order valence-corrected chi connectivity index (χ2v) is 8.30. The maximum atomic E-state index is 11.7. The molecule has 0 rings (SSSR count). The molecule has 3 N–H and O–H groups in total. The second-order valence-electron chi connectivity index (χ2n) is 7.06. The molecular weight excluding hydrogens is 395 g/mol. The molecule has 0 aromatic rings. The molecule has 0 amide bonds. The van der Waals surface area contributed by atoms with E-state index in [4.69, 9.17) is 19.6 Å². The minimum atomic E-state index is -4.64. The van der Waals surface area contributed by atoms with Gasteiger partial charge in [0.15, 0.2) is 0 Å². The van der Waals surface area contributed by atoms with Crippen LogP contribution in [-0.4, -0.2) is 40.2 Å². The van der Waals surface area contributed by atoms with E-state index in [1.54, 1.807) is 0 Å². The van der Waals surface area contributed by atoms with Gasteiger partial charge in [-0.3, -0.25) is 9.32 Å². The van der Waals surface area contributed by atoms with Crippen LogP contribution in [0.15, 0.2) is 24.3 Å². The fraction of sp³-hybridized carbons (Fsp3) is 0.762. The first-order chi connectivity index (χ1) is 13.9. The van der Waals surface area contributed by atoms with Gasteiger partial charge in [0.2, 0.25) is 0 Å². The van der Waals surface area contributed by atoms with E-state index in [2.05, 4.69) is 35.8 Å². The van der Waals surface area contributed by atoms with Gasteiger partial charge >= 0.3 is 13.8 Å². The molecule has 0 aromatic carbocycles. The van der Waals surface area contributed by atoms with Crippen molar-refractivity contribution in [3.63, 3.8) is 0 Å². The highest BCUT2D eigenvalue weighted by molar-refractivity contribution is 7.46. The Morgan fingerprint density at radius 2 is 1.52 bits per heavy atom. The van der Waals surface area contributed by atoms with Gasteiger partial charge in [0.1, 0.15) is 6.10 Å². The molecule has 0 unspecified atom stereocenters. The van der Waals surface area contributed by atoms with E-state index in [1.165, 1.54) is 25.7 Å². The van der Waals surface area contributed by atoms with E-state index in [-0.39, 0.29) is 6.42 Å². The highest BCUT2D eigenvalue weighted by atomic mass is 31.2. The first kappa shape index (κ1) is 28.0. The summed E-state index contributed by atoms with van der Waals surface area (Å²) < 4.78 is 19.8. The third-order valence-electron chi connectivity index (χ3n) is 4.26. The number of phosphoric ester groups is 1. The van der Waals surface area contributed by atoms with Crippen LogP contribution in [0.5, 0.6) is 0 Å². The highest BCUT2D eigenvalue weighted by Gasteiger charge is 2.20. The molecule has 0 aliphatic heterocycles. The summed E-state index contributed by atoms with van der Waals surface area (Å²) in [6, 6.07) is 0. The Morgan fingerprint density at radius 1 is 0.931 bits per heavy atom. The van der Waals surface area contributed by atoms with Crippen LogP contribution in [0.4, 0.5) is 0 Å². The summed E-state index contributed by atoms with van der Waals surface area (Å²) in [4.78, 5) is 28.9. The van der Waals surface area contributed by atoms with Gasteiger partial charge in [0.25, 0.3) is 0 Å². The zero-order chi connectivity index (χ0) is 21.8. The molecular formula is C21H39O7P. The predicted molar refractivity (Wildman–Crippen MR) is 114 cm³/mol. The first-order valence-corrected chi connectivity index (χ1v) is 12.2. The zero-order valence-electron chi connectivity index (χ0n) is 17.7. The average molecular weight is 435 g/mol. The number of aliphatic hydroxyl groups is 1. The SMILES string of the molecule is CCCCC/C=C\C/C=C\CCCCCCCC(=O)O[C@H](CO)COP(=O)(O)O. The molecule has 0 radical (unpaired) electrons.